The Labute approximate surface area is 127 Å². The third-order valence-corrected chi connectivity index (χ3v) is 5.18. The number of aliphatic hydroxyl groups is 1. The Bertz CT molecular complexity index is 552. The molecule has 0 saturated carbocycles. The van der Waals surface area contributed by atoms with Crippen LogP contribution < -0.4 is 4.74 Å². The topological polar surface area (TPSA) is 29.5 Å². The molecule has 0 saturated heterocycles. The smallest absolute Gasteiger partial charge is 0.125 e. The Morgan fingerprint density at radius 1 is 1.33 bits per heavy atom. The fraction of sp³-hybridized carbons (Fsp3) is 0.167. The second-order valence-corrected chi connectivity index (χ2v) is 6.54. The Balaban J connectivity index is 2.44. The van der Waals surface area contributed by atoms with Gasteiger partial charge in [0.1, 0.15) is 16.2 Å². The molecule has 2 nitrogen and oxygen atoms in total. The Morgan fingerprint density at radius 2 is 2.06 bits per heavy atom. The summed E-state index contributed by atoms with van der Waals surface area (Å²) in [7, 11) is 1.55. The van der Waals surface area contributed by atoms with Gasteiger partial charge in [-0.25, -0.2) is 0 Å². The highest BCUT2D eigenvalue weighted by Crippen LogP contribution is 2.40. The summed E-state index contributed by atoms with van der Waals surface area (Å²) in [4.78, 5) is 0.729. The Morgan fingerprint density at radius 3 is 2.61 bits per heavy atom. The molecule has 1 N–H and O–H groups in total. The van der Waals surface area contributed by atoms with Gasteiger partial charge in [0.15, 0.2) is 0 Å². The summed E-state index contributed by atoms with van der Waals surface area (Å²) >= 11 is 16.5. The minimum absolute atomic E-state index is 0.548. The van der Waals surface area contributed by atoms with E-state index in [9.17, 15) is 5.11 Å². The van der Waals surface area contributed by atoms with Crippen LogP contribution in [0.1, 0.15) is 16.5 Å². The van der Waals surface area contributed by atoms with E-state index in [2.05, 4.69) is 15.9 Å². The molecule has 18 heavy (non-hydrogen) atoms. The summed E-state index contributed by atoms with van der Waals surface area (Å²) < 4.78 is 6.59. The van der Waals surface area contributed by atoms with Gasteiger partial charge in [0.25, 0.3) is 0 Å². The zero-order chi connectivity index (χ0) is 13.3. The van der Waals surface area contributed by atoms with E-state index in [4.69, 9.17) is 27.9 Å². The number of hydrogen-bond donors (Lipinski definition) is 1. The summed E-state index contributed by atoms with van der Waals surface area (Å²) in [6, 6.07) is 6.92. The van der Waals surface area contributed by atoms with Crippen LogP contribution in [0.15, 0.2) is 28.7 Å². The summed E-state index contributed by atoms with van der Waals surface area (Å²) in [5.41, 5.74) is 0.621. The first-order valence-electron chi connectivity index (χ1n) is 4.99. The summed E-state index contributed by atoms with van der Waals surface area (Å²) in [6.45, 7) is 0. The SMILES string of the molecule is COc1ccc(Cl)cc1C(O)c1cc(Br)c(Cl)s1. The van der Waals surface area contributed by atoms with E-state index >= 15 is 0 Å². The van der Waals surface area contributed by atoms with Crippen LogP contribution in [0.4, 0.5) is 0 Å². The zero-order valence-corrected chi connectivity index (χ0v) is 13.2. The number of benzene rings is 1. The molecule has 0 amide bonds. The van der Waals surface area contributed by atoms with E-state index in [0.29, 0.717) is 20.7 Å². The fourth-order valence-corrected chi connectivity index (χ4v) is 3.49. The molecule has 0 fully saturated rings. The lowest BCUT2D eigenvalue weighted by Crippen LogP contribution is -2.00. The number of ether oxygens (including phenoxy) is 1. The fourth-order valence-electron chi connectivity index (χ4n) is 1.57. The molecule has 96 valence electrons. The van der Waals surface area contributed by atoms with Crippen molar-refractivity contribution >= 4 is 50.5 Å². The minimum Gasteiger partial charge on any atom is -0.496 e. The molecule has 0 bridgehead atoms. The molecule has 1 heterocycles. The lowest BCUT2D eigenvalue weighted by molar-refractivity contribution is 0.218. The van der Waals surface area contributed by atoms with Gasteiger partial charge in [-0.15, -0.1) is 11.3 Å². The number of halogens is 3. The average Bonchev–Trinajstić information content (AvgIpc) is 2.68. The van der Waals surface area contributed by atoms with Gasteiger partial charge in [0.05, 0.1) is 7.11 Å². The molecule has 0 aliphatic rings. The van der Waals surface area contributed by atoms with Crippen molar-refractivity contribution in [2.24, 2.45) is 0 Å². The molecule has 1 aromatic heterocycles. The lowest BCUT2D eigenvalue weighted by atomic mass is 10.1. The van der Waals surface area contributed by atoms with Crippen molar-refractivity contribution in [3.63, 3.8) is 0 Å². The maximum Gasteiger partial charge on any atom is 0.125 e. The van der Waals surface area contributed by atoms with Crippen molar-refractivity contribution in [2.75, 3.05) is 7.11 Å². The van der Waals surface area contributed by atoms with Crippen molar-refractivity contribution in [3.8, 4) is 5.75 Å². The van der Waals surface area contributed by atoms with E-state index in [1.165, 1.54) is 11.3 Å². The normalized spacial score (nSPS) is 12.5. The molecule has 1 aromatic carbocycles. The van der Waals surface area contributed by atoms with Crippen molar-refractivity contribution in [1.29, 1.82) is 0 Å². The molecule has 6 heteroatoms. The van der Waals surface area contributed by atoms with E-state index in [1.807, 2.05) is 0 Å². The van der Waals surface area contributed by atoms with Gasteiger partial charge in [0, 0.05) is 19.9 Å². The van der Waals surface area contributed by atoms with Crippen LogP contribution in [0.2, 0.25) is 9.36 Å². The Kier molecular flexibility index (Phi) is 4.56. The number of thiophene rings is 1. The van der Waals surface area contributed by atoms with Gasteiger partial charge in [-0.3, -0.25) is 0 Å². The quantitative estimate of drug-likeness (QED) is 0.835. The van der Waals surface area contributed by atoms with Gasteiger partial charge in [-0.1, -0.05) is 23.2 Å². The highest BCUT2D eigenvalue weighted by molar-refractivity contribution is 9.10. The van der Waals surface area contributed by atoms with Crippen LogP contribution in [0.3, 0.4) is 0 Å². The number of aliphatic hydroxyl groups excluding tert-OH is 1. The van der Waals surface area contributed by atoms with Crippen LogP contribution in [-0.4, -0.2) is 12.2 Å². The summed E-state index contributed by atoms with van der Waals surface area (Å²) in [5, 5.41) is 10.9. The third-order valence-electron chi connectivity index (χ3n) is 2.42. The molecule has 0 radical (unpaired) electrons. The molecule has 0 aliphatic heterocycles. The second-order valence-electron chi connectivity index (χ2n) is 3.56. The van der Waals surface area contributed by atoms with Gasteiger partial charge in [-0.2, -0.15) is 0 Å². The van der Waals surface area contributed by atoms with E-state index in [0.717, 1.165) is 9.35 Å². The molecule has 0 aliphatic carbocycles. The molecular formula is C12H9BrCl2O2S. The first kappa shape index (κ1) is 14.2. The zero-order valence-electron chi connectivity index (χ0n) is 9.28. The third kappa shape index (κ3) is 2.83. The Hall–Kier alpha value is -0.260. The number of hydrogen-bond acceptors (Lipinski definition) is 3. The van der Waals surface area contributed by atoms with E-state index in [-0.39, 0.29) is 0 Å². The minimum atomic E-state index is -0.813. The number of rotatable bonds is 3. The first-order chi connectivity index (χ1) is 8.52. The highest BCUT2D eigenvalue weighted by Gasteiger charge is 2.19. The van der Waals surface area contributed by atoms with E-state index in [1.54, 1.807) is 31.4 Å². The summed E-state index contributed by atoms with van der Waals surface area (Å²) in [5.74, 6) is 0.590. The van der Waals surface area contributed by atoms with Gasteiger partial charge >= 0.3 is 0 Å². The van der Waals surface area contributed by atoms with Crippen LogP contribution in [0.25, 0.3) is 0 Å². The van der Waals surface area contributed by atoms with Gasteiger partial charge < -0.3 is 9.84 Å². The van der Waals surface area contributed by atoms with Crippen LogP contribution in [0, 0.1) is 0 Å². The predicted octanol–water partition coefficient (Wildman–Crippen LogP) is 4.91. The molecule has 0 spiro atoms. The molecule has 1 atom stereocenters. The molecule has 1 unspecified atom stereocenters. The van der Waals surface area contributed by atoms with Crippen molar-refractivity contribution in [1.82, 2.24) is 0 Å². The first-order valence-corrected chi connectivity index (χ1v) is 7.35. The maximum absolute atomic E-state index is 10.4. The van der Waals surface area contributed by atoms with Crippen molar-refractivity contribution in [3.05, 3.63) is 48.5 Å². The highest BCUT2D eigenvalue weighted by atomic mass is 79.9. The standard InChI is InChI=1S/C12H9BrCl2O2S/c1-17-9-3-2-6(14)4-7(9)11(16)10-5-8(13)12(15)18-10/h2-5,11,16H,1H3. The second kappa shape index (κ2) is 5.80. The van der Waals surface area contributed by atoms with Crippen LogP contribution in [0.5, 0.6) is 5.75 Å². The van der Waals surface area contributed by atoms with Gasteiger partial charge in [-0.05, 0) is 40.2 Å². The van der Waals surface area contributed by atoms with Gasteiger partial charge in [0.2, 0.25) is 0 Å². The molecule has 2 aromatic rings. The maximum atomic E-state index is 10.4. The van der Waals surface area contributed by atoms with Crippen LogP contribution in [-0.2, 0) is 0 Å². The predicted molar refractivity (Wildman–Crippen MR) is 79.1 cm³/mol. The molecule has 2 rings (SSSR count). The van der Waals surface area contributed by atoms with Crippen molar-refractivity contribution in [2.45, 2.75) is 6.10 Å². The molecular weight excluding hydrogens is 359 g/mol. The monoisotopic (exact) mass is 366 g/mol. The van der Waals surface area contributed by atoms with E-state index < -0.39 is 6.10 Å². The average molecular weight is 368 g/mol. The van der Waals surface area contributed by atoms with Crippen molar-refractivity contribution < 1.29 is 9.84 Å². The number of methoxy groups -OCH3 is 1. The largest absolute Gasteiger partial charge is 0.496 e. The van der Waals surface area contributed by atoms with Crippen LogP contribution >= 0.6 is 50.5 Å². The summed E-state index contributed by atoms with van der Waals surface area (Å²) in [6.07, 6.45) is -0.813. The lowest BCUT2D eigenvalue weighted by Gasteiger charge is -2.13.